The van der Waals surface area contributed by atoms with Crippen LogP contribution in [0.2, 0.25) is 0 Å². The van der Waals surface area contributed by atoms with Gasteiger partial charge >= 0.3 is 0 Å². The van der Waals surface area contributed by atoms with Crippen LogP contribution in [0.1, 0.15) is 13.8 Å². The molecule has 11 heavy (non-hydrogen) atoms. The molecule has 1 atom stereocenters. The number of carbonyl (C=O) groups excluding carboxylic acids is 3. The minimum atomic E-state index is -1.12. The molecule has 0 spiro atoms. The molecule has 0 aliphatic heterocycles. The average Bonchev–Trinajstić information content (AvgIpc) is 2.06. The van der Waals surface area contributed by atoms with Crippen molar-refractivity contribution in [2.75, 3.05) is 0 Å². The average molecular weight is 219 g/mol. The van der Waals surface area contributed by atoms with E-state index in [2.05, 4.69) is 15.9 Å². The Labute approximate surface area is 72.3 Å². The molecule has 4 heteroatoms. The molecule has 1 fully saturated rings. The maximum atomic E-state index is 11.2. The SMILES string of the molecule is CC1(C)C(=O)C(=O)C(Br)C1=O. The van der Waals surface area contributed by atoms with Crippen LogP contribution in [0.4, 0.5) is 0 Å². The topological polar surface area (TPSA) is 51.2 Å². The van der Waals surface area contributed by atoms with Crippen molar-refractivity contribution in [3.8, 4) is 0 Å². The van der Waals surface area contributed by atoms with E-state index in [4.69, 9.17) is 0 Å². The van der Waals surface area contributed by atoms with Gasteiger partial charge in [0.25, 0.3) is 0 Å². The van der Waals surface area contributed by atoms with E-state index in [0.29, 0.717) is 0 Å². The second kappa shape index (κ2) is 2.24. The van der Waals surface area contributed by atoms with E-state index < -0.39 is 21.8 Å². The Bertz CT molecular complexity index is 254. The van der Waals surface area contributed by atoms with Crippen LogP contribution >= 0.6 is 15.9 Å². The van der Waals surface area contributed by atoms with Gasteiger partial charge in [0.15, 0.2) is 5.78 Å². The largest absolute Gasteiger partial charge is 0.297 e. The van der Waals surface area contributed by atoms with Crippen molar-refractivity contribution in [1.29, 1.82) is 0 Å². The zero-order chi connectivity index (χ0) is 8.81. The molecule has 1 aliphatic carbocycles. The number of hydrogen-bond acceptors (Lipinski definition) is 3. The van der Waals surface area contributed by atoms with Crippen LogP contribution < -0.4 is 0 Å². The monoisotopic (exact) mass is 218 g/mol. The predicted molar refractivity (Wildman–Crippen MR) is 41.5 cm³/mol. The van der Waals surface area contributed by atoms with Crippen molar-refractivity contribution in [1.82, 2.24) is 0 Å². The second-order valence-corrected chi connectivity index (χ2v) is 3.96. The third-order valence-corrected chi connectivity index (χ3v) is 2.70. The molecule has 0 aromatic carbocycles. The van der Waals surface area contributed by atoms with Crippen molar-refractivity contribution >= 4 is 33.3 Å². The van der Waals surface area contributed by atoms with Crippen molar-refractivity contribution < 1.29 is 14.4 Å². The van der Waals surface area contributed by atoms with Crippen LogP contribution in [0.3, 0.4) is 0 Å². The van der Waals surface area contributed by atoms with Crippen molar-refractivity contribution in [3.63, 3.8) is 0 Å². The lowest BCUT2D eigenvalue weighted by Crippen LogP contribution is -2.27. The van der Waals surface area contributed by atoms with Crippen LogP contribution in [0, 0.1) is 5.41 Å². The maximum absolute atomic E-state index is 11.2. The van der Waals surface area contributed by atoms with Gasteiger partial charge in [-0.25, -0.2) is 0 Å². The zero-order valence-corrected chi connectivity index (χ0v) is 7.77. The van der Waals surface area contributed by atoms with E-state index in [1.807, 2.05) is 0 Å². The van der Waals surface area contributed by atoms with E-state index in [-0.39, 0.29) is 5.78 Å². The summed E-state index contributed by atoms with van der Waals surface area (Å²) in [5, 5.41) is 0. The molecular formula is C7H7BrO3. The van der Waals surface area contributed by atoms with Gasteiger partial charge in [-0.15, -0.1) is 0 Å². The maximum Gasteiger partial charge on any atom is 0.220 e. The molecule has 0 bridgehead atoms. The number of ketones is 3. The molecule has 1 aliphatic rings. The fraction of sp³-hybridized carbons (Fsp3) is 0.571. The number of Topliss-reactive ketones (excluding diaryl/α,β-unsaturated/α-hetero) is 3. The number of alkyl halides is 1. The first-order chi connectivity index (χ1) is 4.89. The Morgan fingerprint density at radius 2 is 1.73 bits per heavy atom. The van der Waals surface area contributed by atoms with Gasteiger partial charge in [-0.05, 0) is 13.8 Å². The summed E-state index contributed by atoms with van der Waals surface area (Å²) in [4.78, 5) is 32.2. The fourth-order valence-corrected chi connectivity index (χ4v) is 1.75. The van der Waals surface area contributed by atoms with Crippen molar-refractivity contribution in [2.45, 2.75) is 18.7 Å². The predicted octanol–water partition coefficient (Wildman–Crippen LogP) is 0.497. The lowest BCUT2D eigenvalue weighted by Gasteiger charge is -2.09. The summed E-state index contributed by atoms with van der Waals surface area (Å²) < 4.78 is 0. The number of hydrogen-bond donors (Lipinski definition) is 0. The lowest BCUT2D eigenvalue weighted by molar-refractivity contribution is -0.138. The minimum Gasteiger partial charge on any atom is -0.297 e. The van der Waals surface area contributed by atoms with E-state index in [0.717, 1.165) is 0 Å². The Balaban J connectivity index is 3.16. The van der Waals surface area contributed by atoms with Gasteiger partial charge in [-0.2, -0.15) is 0 Å². The fourth-order valence-electron chi connectivity index (χ4n) is 0.971. The Morgan fingerprint density at radius 1 is 1.27 bits per heavy atom. The van der Waals surface area contributed by atoms with E-state index >= 15 is 0 Å². The molecule has 0 aromatic rings. The number of rotatable bonds is 0. The van der Waals surface area contributed by atoms with Crippen LogP contribution in [0.25, 0.3) is 0 Å². The summed E-state index contributed by atoms with van der Waals surface area (Å²) in [6.45, 7) is 2.94. The molecule has 1 rings (SSSR count). The van der Waals surface area contributed by atoms with Gasteiger partial charge in [0.2, 0.25) is 11.6 Å². The smallest absolute Gasteiger partial charge is 0.220 e. The van der Waals surface area contributed by atoms with Gasteiger partial charge < -0.3 is 0 Å². The van der Waals surface area contributed by atoms with Crippen molar-refractivity contribution in [2.24, 2.45) is 5.41 Å². The molecule has 1 saturated carbocycles. The molecule has 3 nitrogen and oxygen atoms in total. The standard InChI is InChI=1S/C7H7BrO3/c1-7(2)5(10)3(8)4(9)6(7)11/h3H,1-2H3. The number of carbonyl (C=O) groups is 3. The van der Waals surface area contributed by atoms with Crippen molar-refractivity contribution in [3.05, 3.63) is 0 Å². The Kier molecular flexibility index (Phi) is 1.75. The summed E-state index contributed by atoms with van der Waals surface area (Å²) in [7, 11) is 0. The van der Waals surface area contributed by atoms with E-state index in [1.54, 1.807) is 0 Å². The third kappa shape index (κ3) is 0.965. The number of halogens is 1. The highest BCUT2D eigenvalue weighted by Crippen LogP contribution is 2.31. The molecule has 60 valence electrons. The first-order valence-electron chi connectivity index (χ1n) is 3.16. The highest BCUT2D eigenvalue weighted by molar-refractivity contribution is 9.10. The summed E-state index contributed by atoms with van der Waals surface area (Å²) >= 11 is 2.87. The Morgan fingerprint density at radius 3 is 1.82 bits per heavy atom. The van der Waals surface area contributed by atoms with Gasteiger partial charge in [-0.1, -0.05) is 15.9 Å². The van der Waals surface area contributed by atoms with Crippen LogP contribution in [-0.2, 0) is 14.4 Å². The summed E-state index contributed by atoms with van der Waals surface area (Å²) in [6.07, 6.45) is 0. The summed E-state index contributed by atoms with van der Waals surface area (Å²) in [6, 6.07) is 0. The van der Waals surface area contributed by atoms with E-state index in [1.165, 1.54) is 13.8 Å². The first kappa shape index (κ1) is 8.59. The van der Waals surface area contributed by atoms with Crippen LogP contribution in [-0.4, -0.2) is 22.2 Å². The van der Waals surface area contributed by atoms with Crippen LogP contribution in [0.15, 0.2) is 0 Å². The van der Waals surface area contributed by atoms with E-state index in [9.17, 15) is 14.4 Å². The summed E-state index contributed by atoms with van der Waals surface area (Å²) in [5.41, 5.74) is -1.12. The highest BCUT2D eigenvalue weighted by Gasteiger charge is 2.53. The highest BCUT2D eigenvalue weighted by atomic mass is 79.9. The van der Waals surface area contributed by atoms with Gasteiger partial charge in [-0.3, -0.25) is 14.4 Å². The molecule has 0 saturated heterocycles. The summed E-state index contributed by atoms with van der Waals surface area (Å²) in [5.74, 6) is -1.56. The molecule has 0 aromatic heterocycles. The molecule has 0 radical (unpaired) electrons. The zero-order valence-electron chi connectivity index (χ0n) is 6.18. The second-order valence-electron chi connectivity index (χ2n) is 3.05. The Hall–Kier alpha value is -0.510. The van der Waals surface area contributed by atoms with Gasteiger partial charge in [0.1, 0.15) is 4.83 Å². The quantitative estimate of drug-likeness (QED) is 0.338. The normalized spacial score (nSPS) is 29.7. The van der Waals surface area contributed by atoms with Gasteiger partial charge in [0, 0.05) is 0 Å². The van der Waals surface area contributed by atoms with Gasteiger partial charge in [0.05, 0.1) is 5.41 Å². The lowest BCUT2D eigenvalue weighted by atomic mass is 9.90. The molecule has 1 unspecified atom stereocenters. The molecular weight excluding hydrogens is 212 g/mol. The van der Waals surface area contributed by atoms with Crippen LogP contribution in [0.5, 0.6) is 0 Å². The minimum absolute atomic E-state index is 0.340. The molecule has 0 amide bonds. The molecule has 0 N–H and O–H groups in total. The first-order valence-corrected chi connectivity index (χ1v) is 4.07. The molecule has 0 heterocycles. The third-order valence-electron chi connectivity index (χ3n) is 1.87.